The third-order valence-corrected chi connectivity index (χ3v) is 8.61. The minimum Gasteiger partial charge on any atom is -0.427 e. The molecule has 0 saturated carbocycles. The number of halogens is 1. The van der Waals surface area contributed by atoms with Crippen LogP contribution in [0.2, 0.25) is 0 Å². The van der Waals surface area contributed by atoms with E-state index in [4.69, 9.17) is 4.74 Å². The summed E-state index contributed by atoms with van der Waals surface area (Å²) in [6, 6.07) is 24.4. The monoisotopic (exact) mass is 557 g/mol. The molecule has 42 heavy (non-hydrogen) atoms. The summed E-state index contributed by atoms with van der Waals surface area (Å²) in [6.07, 6.45) is 3.74. The first-order valence-electron chi connectivity index (χ1n) is 13.6. The van der Waals surface area contributed by atoms with Gasteiger partial charge >= 0.3 is 5.97 Å². The molecule has 7 rings (SSSR count). The maximum Gasteiger partial charge on any atom is 0.308 e. The smallest absolute Gasteiger partial charge is 0.308 e. The van der Waals surface area contributed by atoms with Crippen LogP contribution in [0.25, 0.3) is 6.08 Å². The topological polar surface area (TPSA) is 80.8 Å². The standard InChI is InChI=1S/C35H24FNO5/c1-20(38)42-25-17-12-23(13-18-25)32(39)31-30(22-10-15-24(36)16-11-22)35(33(40)26-7-3-4-8-27(26)34(35)41)29-19-14-21-6-2-5-9-28(21)37(29)31/h2-19,29-31H,1H3/t29-,30+,31-/m1/s1. The van der Waals surface area contributed by atoms with E-state index in [1.54, 1.807) is 48.5 Å². The molecule has 6 nitrogen and oxygen atoms in total. The minimum absolute atomic E-state index is 0.290. The van der Waals surface area contributed by atoms with Crippen LogP contribution in [-0.2, 0) is 4.79 Å². The fourth-order valence-corrected chi connectivity index (χ4v) is 6.98. The largest absolute Gasteiger partial charge is 0.427 e. The molecule has 1 spiro atoms. The summed E-state index contributed by atoms with van der Waals surface area (Å²) in [7, 11) is 0. The van der Waals surface area contributed by atoms with Crippen molar-refractivity contribution in [3.63, 3.8) is 0 Å². The third kappa shape index (κ3) is 3.56. The molecule has 0 aromatic heterocycles. The van der Waals surface area contributed by atoms with Crippen molar-refractivity contribution in [1.29, 1.82) is 0 Å². The second-order valence-electron chi connectivity index (χ2n) is 10.8. The zero-order chi connectivity index (χ0) is 29.2. The lowest BCUT2D eigenvalue weighted by atomic mass is 9.64. The van der Waals surface area contributed by atoms with Crippen molar-refractivity contribution in [2.75, 3.05) is 4.90 Å². The van der Waals surface area contributed by atoms with E-state index in [2.05, 4.69) is 0 Å². The molecule has 3 atom stereocenters. The second-order valence-corrected chi connectivity index (χ2v) is 10.8. The zero-order valence-corrected chi connectivity index (χ0v) is 22.5. The Bertz CT molecular complexity index is 1790. The van der Waals surface area contributed by atoms with Crippen molar-refractivity contribution < 1.29 is 28.3 Å². The lowest BCUT2D eigenvalue weighted by Crippen LogP contribution is -2.48. The fraction of sp³-hybridized carbons (Fsp3) is 0.143. The summed E-state index contributed by atoms with van der Waals surface area (Å²) < 4.78 is 19.3. The molecule has 1 fully saturated rings. The van der Waals surface area contributed by atoms with E-state index in [9.17, 15) is 23.6 Å². The van der Waals surface area contributed by atoms with Gasteiger partial charge in [0.1, 0.15) is 23.0 Å². The first kappa shape index (κ1) is 25.8. The SMILES string of the molecule is CC(=O)Oc1ccc(C(=O)[C@H]2[C@H](c3ccc(F)cc3)C3(C(=O)c4ccccc4C3=O)[C@H]3C=Cc4ccccc4N23)cc1. The highest BCUT2D eigenvalue weighted by atomic mass is 19.1. The van der Waals surface area contributed by atoms with E-state index in [1.807, 2.05) is 41.3 Å². The van der Waals surface area contributed by atoms with Crippen LogP contribution in [-0.4, -0.2) is 35.4 Å². The van der Waals surface area contributed by atoms with Crippen molar-refractivity contribution in [1.82, 2.24) is 0 Å². The molecule has 2 heterocycles. The molecule has 0 unspecified atom stereocenters. The molecule has 1 saturated heterocycles. The summed E-state index contributed by atoms with van der Waals surface area (Å²) in [4.78, 5) is 57.2. The van der Waals surface area contributed by atoms with Gasteiger partial charge in [-0.2, -0.15) is 0 Å². The van der Waals surface area contributed by atoms with Crippen molar-refractivity contribution in [2.24, 2.45) is 5.41 Å². The van der Waals surface area contributed by atoms with Crippen LogP contribution in [0.5, 0.6) is 5.75 Å². The Morgan fingerprint density at radius 2 is 1.43 bits per heavy atom. The van der Waals surface area contributed by atoms with Crippen LogP contribution < -0.4 is 9.64 Å². The number of rotatable bonds is 4. The normalized spacial score (nSPS) is 21.2. The lowest BCUT2D eigenvalue weighted by molar-refractivity contribution is -0.131. The predicted octanol–water partition coefficient (Wildman–Crippen LogP) is 6.07. The second kappa shape index (κ2) is 9.45. The number of ketones is 3. The van der Waals surface area contributed by atoms with Gasteiger partial charge in [0.15, 0.2) is 17.3 Å². The van der Waals surface area contributed by atoms with Gasteiger partial charge in [-0.3, -0.25) is 19.2 Å². The highest BCUT2D eigenvalue weighted by molar-refractivity contribution is 6.32. The number of esters is 1. The zero-order valence-electron chi connectivity index (χ0n) is 22.5. The van der Waals surface area contributed by atoms with E-state index < -0.39 is 35.2 Å². The van der Waals surface area contributed by atoms with Crippen LogP contribution in [0.4, 0.5) is 10.1 Å². The maximum absolute atomic E-state index is 14.7. The number of carbonyl (C=O) groups is 4. The quantitative estimate of drug-likeness (QED) is 0.131. The van der Waals surface area contributed by atoms with Crippen LogP contribution in [0.3, 0.4) is 0 Å². The first-order valence-corrected chi connectivity index (χ1v) is 13.6. The summed E-state index contributed by atoms with van der Waals surface area (Å²) in [6.45, 7) is 1.29. The molecular formula is C35H24FNO5. The Kier molecular flexibility index (Phi) is 5.80. The molecule has 4 aromatic rings. The van der Waals surface area contributed by atoms with Gasteiger partial charge in [-0.15, -0.1) is 0 Å². The third-order valence-electron chi connectivity index (χ3n) is 8.61. The Morgan fingerprint density at radius 1 is 0.810 bits per heavy atom. The number of hydrogen-bond acceptors (Lipinski definition) is 6. The average Bonchev–Trinajstić information content (AvgIpc) is 3.43. The van der Waals surface area contributed by atoms with Crippen molar-refractivity contribution in [3.8, 4) is 5.75 Å². The van der Waals surface area contributed by atoms with Gasteiger partial charge in [-0.25, -0.2) is 4.39 Å². The summed E-state index contributed by atoms with van der Waals surface area (Å²) in [5.41, 5.74) is 1.38. The van der Waals surface area contributed by atoms with E-state index >= 15 is 0 Å². The predicted molar refractivity (Wildman–Crippen MR) is 154 cm³/mol. The van der Waals surface area contributed by atoms with Crippen molar-refractivity contribution in [3.05, 3.63) is 137 Å². The molecule has 0 N–H and O–H groups in total. The Balaban J connectivity index is 1.48. The van der Waals surface area contributed by atoms with Crippen LogP contribution in [0, 0.1) is 11.2 Å². The molecule has 0 radical (unpaired) electrons. The highest BCUT2D eigenvalue weighted by Gasteiger charge is 2.71. The minimum atomic E-state index is -1.66. The van der Waals surface area contributed by atoms with Crippen LogP contribution in [0.1, 0.15) is 55.0 Å². The summed E-state index contributed by atoms with van der Waals surface area (Å²) >= 11 is 0. The van der Waals surface area contributed by atoms with Gasteiger partial charge in [-0.1, -0.05) is 66.7 Å². The Labute approximate surface area is 241 Å². The van der Waals surface area contributed by atoms with Crippen molar-refractivity contribution in [2.45, 2.75) is 24.9 Å². The molecule has 2 aliphatic heterocycles. The Hall–Kier alpha value is -5.17. The number of benzene rings is 4. The molecule has 0 amide bonds. The average molecular weight is 558 g/mol. The van der Waals surface area contributed by atoms with E-state index in [1.165, 1.54) is 31.2 Å². The van der Waals surface area contributed by atoms with Gasteiger partial charge in [-0.05, 0) is 53.6 Å². The van der Waals surface area contributed by atoms with Crippen molar-refractivity contribution >= 4 is 35.1 Å². The molecular weight excluding hydrogens is 533 g/mol. The number of hydrogen-bond donors (Lipinski definition) is 0. The maximum atomic E-state index is 14.7. The van der Waals surface area contributed by atoms with Gasteiger partial charge < -0.3 is 9.64 Å². The van der Waals surface area contributed by atoms with E-state index in [0.717, 1.165) is 11.3 Å². The molecule has 3 aliphatic rings. The number of ether oxygens (including phenoxy) is 1. The molecule has 7 heteroatoms. The van der Waals surface area contributed by atoms with E-state index in [-0.39, 0.29) is 23.1 Å². The van der Waals surface area contributed by atoms with Gasteiger partial charge in [0.2, 0.25) is 0 Å². The van der Waals surface area contributed by atoms with Crippen LogP contribution >= 0.6 is 0 Å². The Morgan fingerprint density at radius 3 is 2.07 bits per heavy atom. The number of carbonyl (C=O) groups excluding carboxylic acids is 4. The molecule has 4 aromatic carbocycles. The number of nitrogens with zero attached hydrogens (tertiary/aromatic N) is 1. The van der Waals surface area contributed by atoms with Gasteiger partial charge in [0.05, 0.1) is 6.04 Å². The van der Waals surface area contributed by atoms with Gasteiger partial charge in [0.25, 0.3) is 0 Å². The fourth-order valence-electron chi connectivity index (χ4n) is 6.98. The van der Waals surface area contributed by atoms with Gasteiger partial charge in [0, 0.05) is 35.2 Å². The first-order chi connectivity index (χ1) is 20.3. The number of Topliss-reactive ketones (excluding diaryl/α,β-unsaturated/α-hetero) is 3. The van der Waals surface area contributed by atoms with E-state index in [0.29, 0.717) is 22.3 Å². The molecule has 206 valence electrons. The highest BCUT2D eigenvalue weighted by Crippen LogP contribution is 2.60. The lowest BCUT2D eigenvalue weighted by Gasteiger charge is -2.37. The molecule has 0 bridgehead atoms. The number of para-hydroxylation sites is 1. The summed E-state index contributed by atoms with van der Waals surface area (Å²) in [5.74, 6) is -2.62. The number of fused-ring (bicyclic) bond motifs is 5. The number of anilines is 1. The van der Waals surface area contributed by atoms with Crippen LogP contribution in [0.15, 0.2) is 103 Å². The summed E-state index contributed by atoms with van der Waals surface area (Å²) in [5, 5.41) is 0. The molecule has 1 aliphatic carbocycles.